The number of aryl methyl sites for hydroxylation is 1. The van der Waals surface area contributed by atoms with E-state index < -0.39 is 0 Å². The number of ether oxygens (including phenoxy) is 2. The maximum Gasteiger partial charge on any atom is 0.407 e. The molecule has 1 N–H and O–H groups in total. The number of fused-ring (bicyclic) bond motifs is 1. The lowest BCUT2D eigenvalue weighted by atomic mass is 9.93. The number of hydrogen-bond donors (Lipinski definition) is 1. The minimum atomic E-state index is -0.375. The quantitative estimate of drug-likeness (QED) is 0.824. The van der Waals surface area contributed by atoms with E-state index in [0.29, 0.717) is 18.8 Å². The molecule has 2 aromatic rings. The van der Waals surface area contributed by atoms with E-state index in [4.69, 9.17) is 9.47 Å². The molecule has 0 bridgehead atoms. The number of benzene rings is 1. The summed E-state index contributed by atoms with van der Waals surface area (Å²) in [6.45, 7) is 4.89. The number of amides is 1. The molecule has 1 aliphatic carbocycles. The molecule has 3 rings (SSSR count). The predicted octanol–water partition coefficient (Wildman–Crippen LogP) is 3.88. The molecular weight excluding hydrogens is 332 g/mol. The maximum absolute atomic E-state index is 12.7. The summed E-state index contributed by atoms with van der Waals surface area (Å²) in [6.07, 6.45) is 2.58. The minimum Gasteiger partial charge on any atom is -0.458 e. The second-order valence-corrected chi connectivity index (χ2v) is 6.58. The van der Waals surface area contributed by atoms with Gasteiger partial charge in [0.1, 0.15) is 11.8 Å². The van der Waals surface area contributed by atoms with Gasteiger partial charge in [-0.05, 0) is 51.7 Å². The van der Waals surface area contributed by atoms with Crippen LogP contribution in [0.2, 0.25) is 0 Å². The van der Waals surface area contributed by atoms with Gasteiger partial charge in [-0.25, -0.2) is 9.59 Å². The van der Waals surface area contributed by atoms with Crippen LogP contribution in [-0.4, -0.2) is 35.4 Å². The fourth-order valence-corrected chi connectivity index (χ4v) is 3.60. The largest absolute Gasteiger partial charge is 0.458 e. The van der Waals surface area contributed by atoms with Crippen LogP contribution in [0.5, 0.6) is 0 Å². The van der Waals surface area contributed by atoms with E-state index in [-0.39, 0.29) is 24.2 Å². The van der Waals surface area contributed by atoms with E-state index in [2.05, 4.69) is 5.32 Å². The van der Waals surface area contributed by atoms with Crippen LogP contribution in [0.4, 0.5) is 4.79 Å². The number of para-hydroxylation sites is 1. The van der Waals surface area contributed by atoms with Gasteiger partial charge in [-0.3, -0.25) is 0 Å². The minimum absolute atomic E-state index is 0.0890. The van der Waals surface area contributed by atoms with Crippen LogP contribution in [0.3, 0.4) is 0 Å². The molecule has 0 saturated heterocycles. The molecule has 0 atom stereocenters. The Morgan fingerprint density at radius 3 is 2.58 bits per heavy atom. The predicted molar refractivity (Wildman–Crippen MR) is 99.2 cm³/mol. The Hall–Kier alpha value is -2.50. The molecule has 1 amide bonds. The maximum atomic E-state index is 12.7. The van der Waals surface area contributed by atoms with Gasteiger partial charge < -0.3 is 19.4 Å². The lowest BCUT2D eigenvalue weighted by Crippen LogP contribution is -2.39. The Bertz CT molecular complexity index is 775. The molecule has 0 unspecified atom stereocenters. The summed E-state index contributed by atoms with van der Waals surface area (Å²) in [5.74, 6) is -0.273. The highest BCUT2D eigenvalue weighted by Gasteiger charge is 2.26. The number of esters is 1. The van der Waals surface area contributed by atoms with Crippen molar-refractivity contribution in [2.45, 2.75) is 58.2 Å². The van der Waals surface area contributed by atoms with Crippen molar-refractivity contribution < 1.29 is 19.1 Å². The highest BCUT2D eigenvalue weighted by Crippen LogP contribution is 2.25. The second-order valence-electron chi connectivity index (χ2n) is 6.58. The van der Waals surface area contributed by atoms with Crippen molar-refractivity contribution in [2.24, 2.45) is 0 Å². The lowest BCUT2D eigenvalue weighted by molar-refractivity contribution is 0.0172. The third-order valence-electron chi connectivity index (χ3n) is 4.88. The number of carbonyl (C=O) groups excluding carboxylic acids is 2. The van der Waals surface area contributed by atoms with Gasteiger partial charge in [0.2, 0.25) is 0 Å². The van der Waals surface area contributed by atoms with E-state index in [9.17, 15) is 9.59 Å². The summed E-state index contributed by atoms with van der Waals surface area (Å²) in [5, 5.41) is 3.90. The van der Waals surface area contributed by atoms with Crippen molar-refractivity contribution >= 4 is 23.0 Å². The standard InChI is InChI=1S/C20H26N2O4/c1-3-22-17-8-6-5-7-14(17)13-18(22)19(23)26-16-11-9-15(10-12-16)21-20(24)25-4-2/h5-8,13,15-16H,3-4,9-12H2,1-2H3,(H,21,24). The number of carbonyl (C=O) groups is 2. The van der Waals surface area contributed by atoms with Gasteiger partial charge in [0.05, 0.1) is 6.61 Å². The Balaban J connectivity index is 1.59. The van der Waals surface area contributed by atoms with Crippen molar-refractivity contribution in [3.05, 3.63) is 36.0 Å². The smallest absolute Gasteiger partial charge is 0.407 e. The average Bonchev–Trinajstić information content (AvgIpc) is 3.02. The normalized spacial score (nSPS) is 19.9. The zero-order chi connectivity index (χ0) is 18.5. The van der Waals surface area contributed by atoms with Gasteiger partial charge in [0.15, 0.2) is 0 Å². The van der Waals surface area contributed by atoms with Gasteiger partial charge >= 0.3 is 12.1 Å². The average molecular weight is 358 g/mol. The third-order valence-corrected chi connectivity index (χ3v) is 4.88. The number of nitrogens with one attached hydrogen (secondary N) is 1. The summed E-state index contributed by atoms with van der Waals surface area (Å²) in [6, 6.07) is 9.95. The number of alkyl carbamates (subject to hydrolysis) is 1. The molecule has 1 aliphatic rings. The molecule has 6 heteroatoms. The van der Waals surface area contributed by atoms with Gasteiger partial charge in [-0.1, -0.05) is 18.2 Å². The first-order chi connectivity index (χ1) is 12.6. The molecule has 0 aliphatic heterocycles. The summed E-state index contributed by atoms with van der Waals surface area (Å²) < 4.78 is 12.6. The number of hydrogen-bond acceptors (Lipinski definition) is 4. The van der Waals surface area contributed by atoms with Crippen molar-refractivity contribution in [2.75, 3.05) is 6.61 Å². The zero-order valence-electron chi connectivity index (χ0n) is 15.4. The van der Waals surface area contributed by atoms with Crippen molar-refractivity contribution in [3.8, 4) is 0 Å². The zero-order valence-corrected chi connectivity index (χ0v) is 15.4. The van der Waals surface area contributed by atoms with Gasteiger partial charge in [-0.2, -0.15) is 0 Å². The molecule has 6 nitrogen and oxygen atoms in total. The van der Waals surface area contributed by atoms with E-state index in [0.717, 1.165) is 36.6 Å². The van der Waals surface area contributed by atoms with Gasteiger partial charge in [-0.15, -0.1) is 0 Å². The molecule has 1 heterocycles. The molecule has 0 radical (unpaired) electrons. The molecule has 0 spiro atoms. The van der Waals surface area contributed by atoms with Crippen LogP contribution in [0.25, 0.3) is 10.9 Å². The van der Waals surface area contributed by atoms with Crippen molar-refractivity contribution in [3.63, 3.8) is 0 Å². The third kappa shape index (κ3) is 4.00. The van der Waals surface area contributed by atoms with Crippen LogP contribution < -0.4 is 5.32 Å². The molecule has 26 heavy (non-hydrogen) atoms. The number of nitrogens with zero attached hydrogens (tertiary/aromatic N) is 1. The molecule has 1 aromatic carbocycles. The summed E-state index contributed by atoms with van der Waals surface area (Å²) in [4.78, 5) is 24.2. The molecule has 1 fully saturated rings. The SMILES string of the molecule is CCOC(=O)NC1CCC(OC(=O)c2cc3ccccc3n2CC)CC1. The van der Waals surface area contributed by atoms with E-state index in [1.54, 1.807) is 6.92 Å². The number of aromatic nitrogens is 1. The highest BCUT2D eigenvalue weighted by molar-refractivity contribution is 5.95. The van der Waals surface area contributed by atoms with Crippen molar-refractivity contribution in [1.82, 2.24) is 9.88 Å². The summed E-state index contributed by atoms with van der Waals surface area (Å²) in [5.41, 5.74) is 1.64. The molecular formula is C20H26N2O4. The molecule has 1 saturated carbocycles. The van der Waals surface area contributed by atoms with E-state index in [1.807, 2.05) is 41.8 Å². The Morgan fingerprint density at radius 1 is 1.15 bits per heavy atom. The Kier molecular flexibility index (Phi) is 5.81. The van der Waals surface area contributed by atoms with Crippen LogP contribution in [0.1, 0.15) is 50.0 Å². The summed E-state index contributed by atoms with van der Waals surface area (Å²) in [7, 11) is 0. The first-order valence-corrected chi connectivity index (χ1v) is 9.34. The molecule has 140 valence electrons. The summed E-state index contributed by atoms with van der Waals surface area (Å²) >= 11 is 0. The fraction of sp³-hybridized carbons (Fsp3) is 0.500. The molecule has 1 aromatic heterocycles. The van der Waals surface area contributed by atoms with E-state index >= 15 is 0 Å². The van der Waals surface area contributed by atoms with Crippen molar-refractivity contribution in [1.29, 1.82) is 0 Å². The van der Waals surface area contributed by atoms with E-state index in [1.165, 1.54) is 0 Å². The first-order valence-electron chi connectivity index (χ1n) is 9.34. The number of rotatable bonds is 5. The van der Waals surface area contributed by atoms with Gasteiger partial charge in [0, 0.05) is 23.5 Å². The van der Waals surface area contributed by atoms with Crippen LogP contribution in [-0.2, 0) is 16.0 Å². The fourth-order valence-electron chi connectivity index (χ4n) is 3.60. The lowest BCUT2D eigenvalue weighted by Gasteiger charge is -2.28. The Morgan fingerprint density at radius 2 is 1.88 bits per heavy atom. The first kappa shape index (κ1) is 18.3. The topological polar surface area (TPSA) is 69.6 Å². The van der Waals surface area contributed by atoms with Crippen LogP contribution in [0.15, 0.2) is 30.3 Å². The second kappa shape index (κ2) is 8.25. The van der Waals surface area contributed by atoms with Gasteiger partial charge in [0.25, 0.3) is 0 Å². The van der Waals surface area contributed by atoms with Crippen LogP contribution >= 0.6 is 0 Å². The Labute approximate surface area is 153 Å². The highest BCUT2D eigenvalue weighted by atomic mass is 16.5. The van der Waals surface area contributed by atoms with Crippen LogP contribution in [0, 0.1) is 0 Å². The monoisotopic (exact) mass is 358 g/mol.